The number of carboxylic acids is 2. The molecule has 0 fully saturated rings. The van der Waals surface area contributed by atoms with Crippen molar-refractivity contribution in [2.45, 2.75) is 19.8 Å². The van der Waals surface area contributed by atoms with Crippen LogP contribution >= 0.6 is 11.3 Å². The summed E-state index contributed by atoms with van der Waals surface area (Å²) in [4.78, 5) is 31.3. The first kappa shape index (κ1) is 30.3. The van der Waals surface area contributed by atoms with E-state index in [9.17, 15) is 30.0 Å². The van der Waals surface area contributed by atoms with Crippen LogP contribution in [0.25, 0.3) is 27.6 Å². The number of likely N-dealkylation sites (N-methyl/N-ethyl adjacent to an activating group) is 1. The number of rotatable bonds is 6. The van der Waals surface area contributed by atoms with Crippen molar-refractivity contribution in [3.63, 3.8) is 0 Å². The zero-order chi connectivity index (χ0) is 31.4. The molecule has 0 atom stereocenters. The normalized spacial score (nSPS) is 13.1. The van der Waals surface area contributed by atoms with Gasteiger partial charge in [0.1, 0.15) is 28.5 Å². The van der Waals surface area contributed by atoms with Gasteiger partial charge in [-0.25, -0.2) is 9.59 Å². The molecule has 44 heavy (non-hydrogen) atoms. The maximum Gasteiger partial charge on any atom is 0.339 e. The van der Waals surface area contributed by atoms with Crippen molar-refractivity contribution in [2.75, 3.05) is 20.1 Å². The lowest BCUT2D eigenvalue weighted by Crippen LogP contribution is -2.30. The van der Waals surface area contributed by atoms with Gasteiger partial charge in [0, 0.05) is 42.6 Å². The van der Waals surface area contributed by atoms with Crippen LogP contribution in [0.5, 0.6) is 11.5 Å². The van der Waals surface area contributed by atoms with Crippen LogP contribution in [0, 0.1) is 6.92 Å². The number of phenols is 2. The second kappa shape index (κ2) is 13.0. The first-order valence-electron chi connectivity index (χ1n) is 14.1. The molecular formula is C35H32N2O6S. The highest BCUT2D eigenvalue weighted by Gasteiger charge is 2.22. The zero-order valence-corrected chi connectivity index (χ0v) is 25.1. The Balaban J connectivity index is 0.000000215. The highest BCUT2D eigenvalue weighted by atomic mass is 32.1. The molecule has 2 heterocycles. The number of amidine groups is 1. The van der Waals surface area contributed by atoms with Crippen LogP contribution < -0.4 is 0 Å². The summed E-state index contributed by atoms with van der Waals surface area (Å²) in [7, 11) is 2.10. The molecule has 8 nitrogen and oxygen atoms in total. The largest absolute Gasteiger partial charge is 0.507 e. The van der Waals surface area contributed by atoms with Crippen molar-refractivity contribution in [1.29, 1.82) is 0 Å². The number of benzene rings is 4. The Morgan fingerprint density at radius 1 is 0.864 bits per heavy atom. The third-order valence-corrected chi connectivity index (χ3v) is 8.65. The van der Waals surface area contributed by atoms with Gasteiger partial charge in [0.25, 0.3) is 0 Å². The summed E-state index contributed by atoms with van der Waals surface area (Å²) in [6.45, 7) is 4.22. The number of carboxylic acid groups (broad SMARTS) is 2. The van der Waals surface area contributed by atoms with E-state index in [4.69, 9.17) is 0 Å². The molecule has 0 bridgehead atoms. The summed E-state index contributed by atoms with van der Waals surface area (Å²) in [5, 5.41) is 44.9. The summed E-state index contributed by atoms with van der Waals surface area (Å²) < 4.78 is 0. The quantitative estimate of drug-likeness (QED) is 0.160. The van der Waals surface area contributed by atoms with Crippen molar-refractivity contribution in [3.8, 4) is 11.5 Å². The standard InChI is InChI=1S/C23H16O6.C12H16N2S/c24-20-16(14-7-3-1-5-12(14)9-18(20)22(26)27)11-17-15-8-4-2-6-13(15)10-19(21(17)25)23(28)29;1-10-6-9-15-11(10)4-5-12-13-7-3-8-14(12)2/h1-10,24-25H,11H2,(H,26,27)(H,28,29);4-6,9H,3,7-8H2,1-2H3/b;5-4+. The van der Waals surface area contributed by atoms with Crippen LogP contribution in [0.3, 0.4) is 0 Å². The van der Waals surface area contributed by atoms with Gasteiger partial charge in [0.05, 0.1) is 0 Å². The van der Waals surface area contributed by atoms with E-state index in [1.807, 2.05) is 0 Å². The van der Waals surface area contributed by atoms with Gasteiger partial charge in [-0.3, -0.25) is 4.99 Å². The maximum atomic E-state index is 11.6. The lowest BCUT2D eigenvalue weighted by molar-refractivity contribution is 0.0682. The Morgan fingerprint density at radius 3 is 1.89 bits per heavy atom. The second-order valence-corrected chi connectivity index (χ2v) is 11.5. The third kappa shape index (κ3) is 6.28. The fourth-order valence-corrected chi connectivity index (χ4v) is 6.13. The van der Waals surface area contributed by atoms with Crippen molar-refractivity contribution in [1.82, 2.24) is 4.90 Å². The molecule has 4 aromatic carbocycles. The lowest BCUT2D eigenvalue weighted by Gasteiger charge is -2.22. The number of aromatic carboxylic acids is 2. The lowest BCUT2D eigenvalue weighted by atomic mass is 9.90. The smallest absolute Gasteiger partial charge is 0.339 e. The van der Waals surface area contributed by atoms with Crippen molar-refractivity contribution in [3.05, 3.63) is 111 Å². The van der Waals surface area contributed by atoms with Crippen LogP contribution in [-0.2, 0) is 6.42 Å². The number of hydrogen-bond donors (Lipinski definition) is 4. The van der Waals surface area contributed by atoms with E-state index in [2.05, 4.69) is 47.5 Å². The predicted octanol–water partition coefficient (Wildman–Crippen LogP) is 7.20. The van der Waals surface area contributed by atoms with Gasteiger partial charge in [0.2, 0.25) is 0 Å². The average Bonchev–Trinajstić information content (AvgIpc) is 3.43. The van der Waals surface area contributed by atoms with Crippen LogP contribution in [0.2, 0.25) is 0 Å². The zero-order valence-electron chi connectivity index (χ0n) is 24.3. The average molecular weight is 609 g/mol. The first-order valence-corrected chi connectivity index (χ1v) is 14.9. The number of hydrogen-bond acceptors (Lipinski definition) is 7. The molecule has 0 spiro atoms. The number of nitrogens with zero attached hydrogens (tertiary/aromatic N) is 2. The first-order chi connectivity index (χ1) is 21.2. The molecule has 0 saturated heterocycles. The minimum atomic E-state index is -1.28. The van der Waals surface area contributed by atoms with Gasteiger partial charge in [-0.05, 0) is 76.2 Å². The maximum absolute atomic E-state index is 11.6. The fraction of sp³-hybridized carbons (Fsp3) is 0.171. The molecule has 0 unspecified atom stereocenters. The highest BCUT2D eigenvalue weighted by molar-refractivity contribution is 7.11. The molecule has 6 rings (SSSR count). The number of fused-ring (bicyclic) bond motifs is 2. The number of thiophene rings is 1. The van der Waals surface area contributed by atoms with E-state index in [1.54, 1.807) is 59.9 Å². The van der Waals surface area contributed by atoms with E-state index in [0.29, 0.717) is 32.7 Å². The SMILES string of the molecule is Cc1ccsc1/C=C/C1=NCCCN1C.O=C(O)c1cc2ccccc2c(Cc2c(O)c(C(=O)O)cc3ccccc23)c1O. The van der Waals surface area contributed by atoms with E-state index in [-0.39, 0.29) is 17.5 Å². The summed E-state index contributed by atoms with van der Waals surface area (Å²) in [5.74, 6) is -2.25. The number of aromatic hydroxyl groups is 2. The number of aryl methyl sites for hydroxylation is 1. The minimum Gasteiger partial charge on any atom is -0.507 e. The van der Waals surface area contributed by atoms with Gasteiger partial charge < -0.3 is 25.3 Å². The topological polar surface area (TPSA) is 131 Å². The van der Waals surface area contributed by atoms with E-state index in [0.717, 1.165) is 18.9 Å². The molecule has 1 aromatic heterocycles. The molecule has 0 amide bonds. The summed E-state index contributed by atoms with van der Waals surface area (Å²) >= 11 is 1.78. The van der Waals surface area contributed by atoms with Crippen molar-refractivity contribution in [2.24, 2.45) is 4.99 Å². The van der Waals surface area contributed by atoms with E-state index in [1.165, 1.54) is 29.0 Å². The number of carbonyl (C=O) groups is 2. The highest BCUT2D eigenvalue weighted by Crippen LogP contribution is 2.38. The van der Waals surface area contributed by atoms with Crippen LogP contribution in [0.15, 0.2) is 83.2 Å². The third-order valence-electron chi connectivity index (χ3n) is 7.67. The molecule has 9 heteroatoms. The fourth-order valence-electron chi connectivity index (χ4n) is 5.31. The summed E-state index contributed by atoms with van der Waals surface area (Å²) in [5.41, 5.74) is 1.45. The van der Waals surface area contributed by atoms with E-state index < -0.39 is 23.4 Å². The molecule has 0 saturated carbocycles. The van der Waals surface area contributed by atoms with Crippen LogP contribution in [-0.4, -0.2) is 63.2 Å². The minimum absolute atomic E-state index is 0.0407. The molecule has 4 N–H and O–H groups in total. The van der Waals surface area contributed by atoms with Crippen molar-refractivity contribution < 1.29 is 30.0 Å². The number of aliphatic imine (C=N–C) groups is 1. The predicted molar refractivity (Wildman–Crippen MR) is 176 cm³/mol. The van der Waals surface area contributed by atoms with Gasteiger partial charge in [-0.2, -0.15) is 0 Å². The Kier molecular flexibility index (Phi) is 8.96. The van der Waals surface area contributed by atoms with Gasteiger partial charge in [0.15, 0.2) is 0 Å². The molecule has 0 aliphatic carbocycles. The monoisotopic (exact) mass is 608 g/mol. The van der Waals surface area contributed by atoms with Crippen molar-refractivity contribution >= 4 is 56.7 Å². The second-order valence-electron chi connectivity index (χ2n) is 10.5. The molecular weight excluding hydrogens is 576 g/mol. The summed E-state index contributed by atoms with van der Waals surface area (Å²) in [6.07, 6.45) is 5.42. The Morgan fingerprint density at radius 2 is 1.41 bits per heavy atom. The molecule has 224 valence electrons. The van der Waals surface area contributed by atoms with E-state index >= 15 is 0 Å². The Bertz CT molecular complexity index is 1840. The Hall–Kier alpha value is -5.15. The molecule has 5 aromatic rings. The van der Waals surface area contributed by atoms with Gasteiger partial charge >= 0.3 is 11.9 Å². The molecule has 1 aliphatic heterocycles. The summed E-state index contributed by atoms with van der Waals surface area (Å²) in [6, 6.07) is 18.9. The molecule has 0 radical (unpaired) electrons. The van der Waals surface area contributed by atoms with Gasteiger partial charge in [-0.15, -0.1) is 11.3 Å². The van der Waals surface area contributed by atoms with Crippen LogP contribution in [0.1, 0.15) is 48.7 Å². The van der Waals surface area contributed by atoms with Crippen LogP contribution in [0.4, 0.5) is 0 Å². The van der Waals surface area contributed by atoms with Gasteiger partial charge in [-0.1, -0.05) is 48.5 Å². The Labute approximate surface area is 258 Å². The molecule has 1 aliphatic rings.